The summed E-state index contributed by atoms with van der Waals surface area (Å²) in [6.45, 7) is 7.63. The standard InChI is InChI=1S/C22H26ClNO5/c1-13(2)24-14(3)9-17(15(24)4)19(25)12-29-21(26)8-7-16-10-18(23)22(28-6)20(11-16)27-5/h7-11,13H,12H2,1-6H3. The fourth-order valence-electron chi connectivity index (χ4n) is 3.31. The Morgan fingerprint density at radius 3 is 2.38 bits per heavy atom. The van der Waals surface area contributed by atoms with Gasteiger partial charge >= 0.3 is 5.97 Å². The Balaban J connectivity index is 2.04. The van der Waals surface area contributed by atoms with Crippen LogP contribution in [0.2, 0.25) is 5.02 Å². The summed E-state index contributed by atoms with van der Waals surface area (Å²) in [5.41, 5.74) is 3.07. The summed E-state index contributed by atoms with van der Waals surface area (Å²) in [6.07, 6.45) is 2.77. The van der Waals surface area contributed by atoms with Crippen LogP contribution in [0.4, 0.5) is 0 Å². The first kappa shape index (κ1) is 22.6. The number of hydrogen-bond donors (Lipinski definition) is 0. The number of esters is 1. The first-order chi connectivity index (χ1) is 13.7. The van der Waals surface area contributed by atoms with Crippen molar-refractivity contribution >= 4 is 29.4 Å². The average Bonchev–Trinajstić information content (AvgIpc) is 2.98. The Kier molecular flexibility index (Phi) is 7.51. The molecule has 0 N–H and O–H groups in total. The highest BCUT2D eigenvalue weighted by molar-refractivity contribution is 6.32. The smallest absolute Gasteiger partial charge is 0.331 e. The lowest BCUT2D eigenvalue weighted by Crippen LogP contribution is -2.14. The molecule has 0 amide bonds. The van der Waals surface area contributed by atoms with E-state index in [4.69, 9.17) is 25.8 Å². The van der Waals surface area contributed by atoms with E-state index < -0.39 is 5.97 Å². The van der Waals surface area contributed by atoms with Crippen molar-refractivity contribution in [1.29, 1.82) is 0 Å². The maximum atomic E-state index is 12.5. The van der Waals surface area contributed by atoms with E-state index in [2.05, 4.69) is 18.4 Å². The number of carbonyl (C=O) groups excluding carboxylic acids is 2. The minimum atomic E-state index is -0.623. The van der Waals surface area contributed by atoms with E-state index >= 15 is 0 Å². The fraction of sp³-hybridized carbons (Fsp3) is 0.364. The van der Waals surface area contributed by atoms with E-state index in [-0.39, 0.29) is 18.4 Å². The molecule has 0 spiro atoms. The number of halogens is 1. The number of benzene rings is 1. The molecule has 1 aromatic heterocycles. The Bertz CT molecular complexity index is 943. The summed E-state index contributed by atoms with van der Waals surface area (Å²) in [5, 5.41) is 0.357. The number of ether oxygens (including phenoxy) is 3. The van der Waals surface area contributed by atoms with Gasteiger partial charge in [0.15, 0.2) is 18.1 Å². The van der Waals surface area contributed by atoms with Gasteiger partial charge in [0.1, 0.15) is 0 Å². The highest BCUT2D eigenvalue weighted by atomic mass is 35.5. The zero-order chi connectivity index (χ0) is 21.7. The highest BCUT2D eigenvalue weighted by Crippen LogP contribution is 2.36. The summed E-state index contributed by atoms with van der Waals surface area (Å²) in [4.78, 5) is 24.5. The average molecular weight is 420 g/mol. The first-order valence-electron chi connectivity index (χ1n) is 9.17. The second-order valence-corrected chi connectivity index (χ2v) is 7.26. The molecule has 1 heterocycles. The van der Waals surface area contributed by atoms with Gasteiger partial charge in [-0.05, 0) is 57.5 Å². The molecular formula is C22H26ClNO5. The van der Waals surface area contributed by atoms with Gasteiger partial charge < -0.3 is 18.8 Å². The molecule has 0 saturated heterocycles. The normalized spacial score (nSPS) is 11.2. The summed E-state index contributed by atoms with van der Waals surface area (Å²) in [6, 6.07) is 5.39. The van der Waals surface area contributed by atoms with E-state index in [1.54, 1.807) is 12.1 Å². The van der Waals surface area contributed by atoms with Crippen molar-refractivity contribution < 1.29 is 23.8 Å². The van der Waals surface area contributed by atoms with Gasteiger partial charge in [-0.15, -0.1) is 0 Å². The van der Waals surface area contributed by atoms with Gasteiger partial charge in [-0.25, -0.2) is 4.79 Å². The van der Waals surface area contributed by atoms with Gasteiger partial charge in [-0.3, -0.25) is 4.79 Å². The van der Waals surface area contributed by atoms with Crippen LogP contribution in [0.5, 0.6) is 11.5 Å². The molecule has 6 nitrogen and oxygen atoms in total. The van der Waals surface area contributed by atoms with Crippen LogP contribution in [0.15, 0.2) is 24.3 Å². The third-order valence-electron chi connectivity index (χ3n) is 4.51. The van der Waals surface area contributed by atoms with Gasteiger partial charge in [0.25, 0.3) is 0 Å². The maximum absolute atomic E-state index is 12.5. The summed E-state index contributed by atoms with van der Waals surface area (Å²) in [7, 11) is 2.99. The van der Waals surface area contributed by atoms with Gasteiger partial charge in [0.05, 0.1) is 19.2 Å². The van der Waals surface area contributed by atoms with Crippen LogP contribution in [-0.4, -0.2) is 37.1 Å². The van der Waals surface area contributed by atoms with E-state index in [0.29, 0.717) is 27.6 Å². The van der Waals surface area contributed by atoms with E-state index in [1.165, 1.54) is 26.4 Å². The van der Waals surface area contributed by atoms with E-state index in [9.17, 15) is 9.59 Å². The van der Waals surface area contributed by atoms with Crippen molar-refractivity contribution in [2.24, 2.45) is 0 Å². The van der Waals surface area contributed by atoms with Crippen LogP contribution in [0.1, 0.15) is 47.2 Å². The van der Waals surface area contributed by atoms with Crippen LogP contribution >= 0.6 is 11.6 Å². The second kappa shape index (κ2) is 9.65. The van der Waals surface area contributed by atoms with E-state index in [1.807, 2.05) is 19.9 Å². The zero-order valence-corrected chi connectivity index (χ0v) is 18.3. The molecule has 29 heavy (non-hydrogen) atoms. The molecule has 0 atom stereocenters. The Morgan fingerprint density at radius 2 is 1.83 bits per heavy atom. The molecule has 0 fully saturated rings. The van der Waals surface area contributed by atoms with Crippen LogP contribution in [0, 0.1) is 13.8 Å². The molecule has 156 valence electrons. The molecular weight excluding hydrogens is 394 g/mol. The molecule has 0 aliphatic carbocycles. The van der Waals surface area contributed by atoms with Crippen LogP contribution < -0.4 is 9.47 Å². The molecule has 0 aliphatic heterocycles. The number of hydrogen-bond acceptors (Lipinski definition) is 5. The quantitative estimate of drug-likeness (QED) is 0.349. The number of carbonyl (C=O) groups is 2. The van der Waals surface area contributed by atoms with Crippen molar-refractivity contribution in [1.82, 2.24) is 4.57 Å². The molecule has 0 bridgehead atoms. The third kappa shape index (κ3) is 5.21. The topological polar surface area (TPSA) is 66.8 Å². The minimum absolute atomic E-state index is 0.235. The predicted octanol–water partition coefficient (Wildman–Crippen LogP) is 4.80. The van der Waals surface area contributed by atoms with Crippen LogP contribution in [0.3, 0.4) is 0 Å². The molecule has 0 saturated carbocycles. The fourth-order valence-corrected chi connectivity index (χ4v) is 3.61. The van der Waals surface area contributed by atoms with E-state index in [0.717, 1.165) is 11.4 Å². The number of rotatable bonds is 8. The van der Waals surface area contributed by atoms with Gasteiger partial charge in [0.2, 0.25) is 5.78 Å². The van der Waals surface area contributed by atoms with Crippen molar-refractivity contribution in [2.75, 3.05) is 20.8 Å². The Hall–Kier alpha value is -2.73. The second-order valence-electron chi connectivity index (χ2n) is 6.85. The van der Waals surface area contributed by atoms with Crippen molar-refractivity contribution in [3.05, 3.63) is 51.8 Å². The summed E-state index contributed by atoms with van der Waals surface area (Å²) < 4.78 is 17.6. The molecule has 0 unspecified atom stereocenters. The lowest BCUT2D eigenvalue weighted by atomic mass is 10.1. The first-order valence-corrected chi connectivity index (χ1v) is 9.55. The molecule has 2 aromatic rings. The predicted molar refractivity (Wildman–Crippen MR) is 113 cm³/mol. The zero-order valence-electron chi connectivity index (χ0n) is 17.5. The molecule has 2 rings (SSSR count). The minimum Gasteiger partial charge on any atom is -0.493 e. The number of Topliss-reactive ketones (excluding diaryl/α,β-unsaturated/α-hetero) is 1. The lowest BCUT2D eigenvalue weighted by molar-refractivity contribution is -0.136. The van der Waals surface area contributed by atoms with Gasteiger partial charge in [0, 0.05) is 29.1 Å². The maximum Gasteiger partial charge on any atom is 0.331 e. The Labute approximate surface area is 176 Å². The number of aromatic nitrogens is 1. The number of ketones is 1. The van der Waals surface area contributed by atoms with Crippen LogP contribution in [0.25, 0.3) is 6.08 Å². The van der Waals surface area contributed by atoms with Gasteiger partial charge in [-0.1, -0.05) is 11.6 Å². The summed E-state index contributed by atoms with van der Waals surface area (Å²) >= 11 is 6.15. The van der Waals surface area contributed by atoms with Crippen LogP contribution in [-0.2, 0) is 9.53 Å². The third-order valence-corrected chi connectivity index (χ3v) is 4.80. The number of aryl methyl sites for hydroxylation is 1. The number of methoxy groups -OCH3 is 2. The molecule has 7 heteroatoms. The summed E-state index contributed by atoms with van der Waals surface area (Å²) in [5.74, 6) is 0.00466. The van der Waals surface area contributed by atoms with Gasteiger partial charge in [-0.2, -0.15) is 0 Å². The van der Waals surface area contributed by atoms with Crippen molar-refractivity contribution in [3.63, 3.8) is 0 Å². The highest BCUT2D eigenvalue weighted by Gasteiger charge is 2.18. The SMILES string of the molecule is COc1cc(C=CC(=O)OCC(=O)c2cc(C)n(C(C)C)c2C)cc(Cl)c1OC. The lowest BCUT2D eigenvalue weighted by Gasteiger charge is -2.13. The largest absolute Gasteiger partial charge is 0.493 e. The number of nitrogens with zero attached hydrogens (tertiary/aromatic N) is 1. The van der Waals surface area contributed by atoms with Crippen molar-refractivity contribution in [2.45, 2.75) is 33.7 Å². The molecule has 0 radical (unpaired) electrons. The molecule has 0 aliphatic rings. The Morgan fingerprint density at radius 1 is 1.14 bits per heavy atom. The molecule has 1 aromatic carbocycles. The van der Waals surface area contributed by atoms with Crippen molar-refractivity contribution in [3.8, 4) is 11.5 Å². The monoisotopic (exact) mass is 419 g/mol.